The summed E-state index contributed by atoms with van der Waals surface area (Å²) in [5, 5.41) is 11.3. The third-order valence-electron chi connectivity index (χ3n) is 4.52. The minimum Gasteiger partial charge on any atom is -0.382 e. The number of hydrogen-bond acceptors (Lipinski definition) is 4. The summed E-state index contributed by atoms with van der Waals surface area (Å²) in [4.78, 5) is 17.8. The van der Waals surface area contributed by atoms with Gasteiger partial charge in [0, 0.05) is 12.6 Å². The van der Waals surface area contributed by atoms with E-state index in [-0.39, 0.29) is 18.1 Å². The first-order valence-corrected chi connectivity index (χ1v) is 9.44. The van der Waals surface area contributed by atoms with Crippen molar-refractivity contribution in [2.45, 2.75) is 26.0 Å². The largest absolute Gasteiger partial charge is 0.382 e. The fourth-order valence-electron chi connectivity index (χ4n) is 3.09. The summed E-state index contributed by atoms with van der Waals surface area (Å²) in [6, 6.07) is 13.9. The van der Waals surface area contributed by atoms with Crippen LogP contribution >= 0.6 is 11.6 Å². The van der Waals surface area contributed by atoms with E-state index in [4.69, 9.17) is 16.4 Å². The van der Waals surface area contributed by atoms with Crippen LogP contribution in [0.3, 0.4) is 0 Å². The predicted octanol–water partition coefficient (Wildman–Crippen LogP) is 4.16. The number of aryl methyl sites for hydroxylation is 1. The van der Waals surface area contributed by atoms with E-state index in [1.165, 1.54) is 12.1 Å². The molecule has 1 aromatic heterocycles. The van der Waals surface area contributed by atoms with Crippen LogP contribution in [0, 0.1) is 12.7 Å². The van der Waals surface area contributed by atoms with Crippen molar-refractivity contribution in [3.8, 4) is 0 Å². The summed E-state index contributed by atoms with van der Waals surface area (Å²) in [5.41, 5.74) is 3.53. The van der Waals surface area contributed by atoms with Gasteiger partial charge in [0.15, 0.2) is 5.82 Å². The molecule has 148 valence electrons. The van der Waals surface area contributed by atoms with Crippen LogP contribution in [0.15, 0.2) is 59.9 Å². The number of halogens is 2. The molecule has 1 amide bonds. The molecule has 0 saturated heterocycles. The number of amides is 1. The molecule has 2 aromatic carbocycles. The molecule has 0 spiro atoms. The van der Waals surface area contributed by atoms with Gasteiger partial charge in [-0.05, 0) is 30.2 Å². The fourth-order valence-corrected chi connectivity index (χ4v) is 3.29. The van der Waals surface area contributed by atoms with Crippen LogP contribution in [0.25, 0.3) is 0 Å². The van der Waals surface area contributed by atoms with Gasteiger partial charge in [-0.1, -0.05) is 58.7 Å². The van der Waals surface area contributed by atoms with E-state index in [9.17, 15) is 9.18 Å². The van der Waals surface area contributed by atoms with E-state index in [2.05, 4.69) is 21.6 Å². The van der Waals surface area contributed by atoms with E-state index >= 15 is 0 Å². The van der Waals surface area contributed by atoms with Crippen LogP contribution in [-0.2, 0) is 16.2 Å². The predicted molar refractivity (Wildman–Crippen MR) is 109 cm³/mol. The van der Waals surface area contributed by atoms with Gasteiger partial charge in [-0.25, -0.2) is 4.39 Å². The molecule has 0 radical (unpaired) electrons. The van der Waals surface area contributed by atoms with Crippen LogP contribution in [0.2, 0.25) is 5.02 Å². The topological polar surface area (TPSA) is 68.5 Å². The Morgan fingerprint density at radius 2 is 2.10 bits per heavy atom. The maximum atomic E-state index is 13.1. The maximum Gasteiger partial charge on any atom is 0.269 e. The van der Waals surface area contributed by atoms with E-state index in [1.807, 2.05) is 25.1 Å². The summed E-state index contributed by atoms with van der Waals surface area (Å²) >= 11 is 6.23. The standard InChI is InChI=1S/C21H18ClFN4O2/c1-13-3-2-4-14(9-13)11-27-12-17(22)20(25-27)24-21(28)19-10-18(26-29-19)15-5-7-16(23)8-6-15/h2-9,12,19H,10-11H2,1H3,(H,24,25,28). The van der Waals surface area contributed by atoms with Gasteiger partial charge in [-0.3, -0.25) is 9.48 Å². The maximum absolute atomic E-state index is 13.1. The van der Waals surface area contributed by atoms with Gasteiger partial charge >= 0.3 is 0 Å². The van der Waals surface area contributed by atoms with Crippen molar-refractivity contribution in [2.24, 2.45) is 5.16 Å². The highest BCUT2D eigenvalue weighted by Crippen LogP contribution is 2.23. The van der Waals surface area contributed by atoms with Gasteiger partial charge in [0.1, 0.15) is 10.8 Å². The lowest BCUT2D eigenvalue weighted by Gasteiger charge is -2.08. The van der Waals surface area contributed by atoms with E-state index in [0.29, 0.717) is 22.8 Å². The number of aromatic nitrogens is 2. The average Bonchev–Trinajstić information content (AvgIpc) is 3.30. The van der Waals surface area contributed by atoms with Crippen LogP contribution in [0.4, 0.5) is 10.2 Å². The molecule has 1 aliphatic heterocycles. The molecule has 6 nitrogen and oxygen atoms in total. The van der Waals surface area contributed by atoms with Crippen molar-refractivity contribution in [3.05, 3.63) is 82.3 Å². The van der Waals surface area contributed by atoms with Gasteiger partial charge in [0.2, 0.25) is 6.10 Å². The molecule has 2 heterocycles. The van der Waals surface area contributed by atoms with Gasteiger partial charge in [-0.15, -0.1) is 0 Å². The smallest absolute Gasteiger partial charge is 0.269 e. The second-order valence-corrected chi connectivity index (χ2v) is 7.25. The summed E-state index contributed by atoms with van der Waals surface area (Å²) in [5.74, 6) is -0.463. The molecular formula is C21H18ClFN4O2. The molecule has 8 heteroatoms. The number of anilines is 1. The number of carbonyl (C=O) groups excluding carboxylic acids is 1. The zero-order chi connectivity index (χ0) is 20.4. The summed E-state index contributed by atoms with van der Waals surface area (Å²) in [6.45, 7) is 2.56. The molecule has 0 aliphatic carbocycles. The lowest BCUT2D eigenvalue weighted by molar-refractivity contribution is -0.125. The van der Waals surface area contributed by atoms with Crippen molar-refractivity contribution >= 4 is 29.0 Å². The van der Waals surface area contributed by atoms with Crippen molar-refractivity contribution in [2.75, 3.05) is 5.32 Å². The lowest BCUT2D eigenvalue weighted by Crippen LogP contribution is -2.28. The van der Waals surface area contributed by atoms with Gasteiger partial charge in [-0.2, -0.15) is 5.10 Å². The first-order valence-electron chi connectivity index (χ1n) is 9.06. The number of nitrogens with one attached hydrogen (secondary N) is 1. The quantitative estimate of drug-likeness (QED) is 0.684. The molecule has 0 fully saturated rings. The Labute approximate surface area is 171 Å². The second-order valence-electron chi connectivity index (χ2n) is 6.84. The van der Waals surface area contributed by atoms with Crippen LogP contribution in [-0.4, -0.2) is 27.5 Å². The Bertz CT molecular complexity index is 1080. The normalized spacial score (nSPS) is 15.7. The molecule has 0 saturated carbocycles. The lowest BCUT2D eigenvalue weighted by atomic mass is 10.0. The SMILES string of the molecule is Cc1cccc(Cn2cc(Cl)c(NC(=O)C3CC(c4ccc(F)cc4)=NO3)n2)c1. The highest BCUT2D eigenvalue weighted by molar-refractivity contribution is 6.33. The number of hydrogen-bond donors (Lipinski definition) is 1. The first-order chi connectivity index (χ1) is 14.0. The van der Waals surface area contributed by atoms with E-state index in [1.54, 1.807) is 23.0 Å². The Morgan fingerprint density at radius 1 is 1.31 bits per heavy atom. The Morgan fingerprint density at radius 3 is 2.86 bits per heavy atom. The first kappa shape index (κ1) is 19.1. The van der Waals surface area contributed by atoms with Crippen LogP contribution in [0.1, 0.15) is 23.1 Å². The van der Waals surface area contributed by atoms with Crippen molar-refractivity contribution < 1.29 is 14.0 Å². The zero-order valence-corrected chi connectivity index (χ0v) is 16.4. The number of oxime groups is 1. The average molecular weight is 413 g/mol. The van der Waals surface area contributed by atoms with Crippen molar-refractivity contribution in [3.63, 3.8) is 0 Å². The molecule has 4 rings (SSSR count). The molecule has 29 heavy (non-hydrogen) atoms. The molecule has 1 N–H and O–H groups in total. The molecule has 1 atom stereocenters. The summed E-state index contributed by atoms with van der Waals surface area (Å²) in [7, 11) is 0. The van der Waals surface area contributed by atoms with Crippen molar-refractivity contribution in [1.82, 2.24) is 9.78 Å². The highest BCUT2D eigenvalue weighted by Gasteiger charge is 2.30. The molecule has 3 aromatic rings. The molecule has 0 bridgehead atoms. The van der Waals surface area contributed by atoms with Crippen molar-refractivity contribution in [1.29, 1.82) is 0 Å². The molecule has 1 unspecified atom stereocenters. The third-order valence-corrected chi connectivity index (χ3v) is 4.80. The second kappa shape index (κ2) is 8.05. The zero-order valence-electron chi connectivity index (χ0n) is 15.6. The Hall–Kier alpha value is -3.19. The minimum atomic E-state index is -0.798. The Kier molecular flexibility index (Phi) is 5.31. The monoisotopic (exact) mass is 412 g/mol. The van der Waals surface area contributed by atoms with Gasteiger partial charge in [0.25, 0.3) is 5.91 Å². The number of nitrogens with zero attached hydrogens (tertiary/aromatic N) is 3. The summed E-state index contributed by atoms with van der Waals surface area (Å²) in [6.07, 6.45) is 1.14. The Balaban J connectivity index is 1.39. The van der Waals surface area contributed by atoms with Gasteiger partial charge < -0.3 is 10.2 Å². The van der Waals surface area contributed by atoms with E-state index < -0.39 is 12.0 Å². The number of rotatable bonds is 5. The molecular weight excluding hydrogens is 395 g/mol. The number of benzene rings is 2. The number of carbonyl (C=O) groups is 1. The minimum absolute atomic E-state index is 0.267. The van der Waals surface area contributed by atoms with Crippen LogP contribution in [0.5, 0.6) is 0 Å². The van der Waals surface area contributed by atoms with E-state index in [0.717, 1.165) is 11.1 Å². The highest BCUT2D eigenvalue weighted by atomic mass is 35.5. The fraction of sp³-hybridized carbons (Fsp3) is 0.190. The molecule has 1 aliphatic rings. The summed E-state index contributed by atoms with van der Waals surface area (Å²) < 4.78 is 14.7. The van der Waals surface area contributed by atoms with Crippen LogP contribution < -0.4 is 5.32 Å². The third kappa shape index (κ3) is 4.46. The van der Waals surface area contributed by atoms with Gasteiger partial charge in [0.05, 0.1) is 12.3 Å².